The summed E-state index contributed by atoms with van der Waals surface area (Å²) in [5.41, 5.74) is 2.07. The summed E-state index contributed by atoms with van der Waals surface area (Å²) >= 11 is 0. The average Bonchev–Trinajstić information content (AvgIpc) is 2.51. The number of hydrogen-bond acceptors (Lipinski definition) is 2. The molecule has 148 valence electrons. The van der Waals surface area contributed by atoms with Crippen LogP contribution in [0.1, 0.15) is 92.9 Å². The summed E-state index contributed by atoms with van der Waals surface area (Å²) < 4.78 is 0. The van der Waals surface area contributed by atoms with Gasteiger partial charge in [-0.2, -0.15) is 0 Å². The van der Waals surface area contributed by atoms with Crippen LogP contribution >= 0.6 is 0 Å². The number of hydrogen-bond donors (Lipinski definition) is 2. The SMILES string of the molecule is CC=C(CCCC)C([O-])=C(C)C(C)CCCCCC.CC[O-].[NH4+].[NH4+]. The van der Waals surface area contributed by atoms with Gasteiger partial charge >= 0.3 is 0 Å². The third-order valence-electron chi connectivity index (χ3n) is 4.03. The van der Waals surface area contributed by atoms with Crippen LogP contribution in [0.4, 0.5) is 0 Å². The van der Waals surface area contributed by atoms with Crippen molar-refractivity contribution >= 4 is 0 Å². The van der Waals surface area contributed by atoms with Crippen molar-refractivity contribution in [2.45, 2.75) is 92.9 Å². The molecule has 1 unspecified atom stereocenters. The number of quaternary nitrogens is 2. The zero-order valence-electron chi connectivity index (χ0n) is 17.8. The molecule has 4 nitrogen and oxygen atoms in total. The van der Waals surface area contributed by atoms with Crippen LogP contribution in [0.25, 0.3) is 0 Å². The van der Waals surface area contributed by atoms with Crippen LogP contribution in [0.3, 0.4) is 0 Å². The second kappa shape index (κ2) is 22.2. The second-order valence-electron chi connectivity index (χ2n) is 5.97. The minimum Gasteiger partial charge on any atom is -0.872 e. The summed E-state index contributed by atoms with van der Waals surface area (Å²) in [6.07, 6.45) is 11.5. The summed E-state index contributed by atoms with van der Waals surface area (Å²) in [6.45, 7) is 12.2. The van der Waals surface area contributed by atoms with E-state index in [-0.39, 0.29) is 18.9 Å². The Bertz CT molecular complexity index is 313. The minimum absolute atomic E-state index is 0. The molecule has 0 saturated carbocycles. The highest BCUT2D eigenvalue weighted by atomic mass is 16.3. The third-order valence-corrected chi connectivity index (χ3v) is 4.03. The Morgan fingerprint density at radius 3 is 1.88 bits per heavy atom. The fraction of sp³-hybridized carbons (Fsp3) is 0.800. The van der Waals surface area contributed by atoms with E-state index in [9.17, 15) is 5.11 Å². The van der Waals surface area contributed by atoms with Crippen LogP contribution in [0.15, 0.2) is 23.0 Å². The van der Waals surface area contributed by atoms with Gasteiger partial charge in [0.2, 0.25) is 0 Å². The molecule has 0 aromatic heterocycles. The number of unbranched alkanes of at least 4 members (excludes halogenated alkanes) is 4. The van der Waals surface area contributed by atoms with Crippen molar-refractivity contribution in [1.29, 1.82) is 0 Å². The van der Waals surface area contributed by atoms with Gasteiger partial charge in [0.15, 0.2) is 0 Å². The molecule has 0 aliphatic carbocycles. The van der Waals surface area contributed by atoms with Gasteiger partial charge in [-0.05, 0) is 39.0 Å². The van der Waals surface area contributed by atoms with Gasteiger partial charge in [0, 0.05) is 0 Å². The van der Waals surface area contributed by atoms with Gasteiger partial charge in [0.1, 0.15) is 0 Å². The van der Waals surface area contributed by atoms with Gasteiger partial charge in [-0.25, -0.2) is 0 Å². The molecule has 1 atom stereocenters. The molecule has 24 heavy (non-hydrogen) atoms. The van der Waals surface area contributed by atoms with E-state index in [1.807, 2.05) is 19.9 Å². The van der Waals surface area contributed by atoms with Crippen LogP contribution in [0, 0.1) is 5.92 Å². The first kappa shape index (κ1) is 31.0. The molecule has 0 heterocycles. The Kier molecular flexibility index (Phi) is 28.6. The fourth-order valence-electron chi connectivity index (χ4n) is 2.33. The molecule has 0 saturated heterocycles. The molecule has 8 N–H and O–H groups in total. The van der Waals surface area contributed by atoms with Crippen molar-refractivity contribution in [3.63, 3.8) is 0 Å². The van der Waals surface area contributed by atoms with Crippen LogP contribution in [-0.4, -0.2) is 6.61 Å². The van der Waals surface area contributed by atoms with Crippen LogP contribution < -0.4 is 22.5 Å². The third kappa shape index (κ3) is 16.0. The first-order valence-electron chi connectivity index (χ1n) is 9.11. The lowest BCUT2D eigenvalue weighted by molar-refractivity contribution is -0.361. The second-order valence-corrected chi connectivity index (χ2v) is 5.97. The van der Waals surface area contributed by atoms with Crippen molar-refractivity contribution in [3.8, 4) is 0 Å². The fourth-order valence-corrected chi connectivity index (χ4v) is 2.33. The maximum absolute atomic E-state index is 12.4. The molecular formula is C20H46N2O2. The van der Waals surface area contributed by atoms with E-state index in [1.54, 1.807) is 6.92 Å². The summed E-state index contributed by atoms with van der Waals surface area (Å²) in [4.78, 5) is 0. The molecule has 0 rings (SSSR count). The highest BCUT2D eigenvalue weighted by Crippen LogP contribution is 2.24. The van der Waals surface area contributed by atoms with Crippen LogP contribution in [-0.2, 0) is 0 Å². The Morgan fingerprint density at radius 1 is 0.958 bits per heavy atom. The molecule has 0 aliphatic heterocycles. The van der Waals surface area contributed by atoms with Gasteiger partial charge in [-0.15, -0.1) is 12.4 Å². The van der Waals surface area contributed by atoms with E-state index in [2.05, 4.69) is 20.8 Å². The lowest BCUT2D eigenvalue weighted by atomic mass is 9.92. The smallest absolute Gasteiger partial charge is 0.0237 e. The molecule has 0 aliphatic rings. The Hall–Kier alpha value is -0.840. The number of allylic oxidation sites excluding steroid dienone is 3. The summed E-state index contributed by atoms with van der Waals surface area (Å²) in [6, 6.07) is 0. The van der Waals surface area contributed by atoms with Crippen LogP contribution in [0.5, 0.6) is 0 Å². The predicted molar refractivity (Wildman–Crippen MR) is 106 cm³/mol. The molecule has 4 heteroatoms. The summed E-state index contributed by atoms with van der Waals surface area (Å²) in [5.74, 6) is 0.736. The van der Waals surface area contributed by atoms with E-state index in [4.69, 9.17) is 5.11 Å². The van der Waals surface area contributed by atoms with Crippen molar-refractivity contribution in [2.75, 3.05) is 6.61 Å². The van der Waals surface area contributed by atoms with E-state index in [0.717, 1.165) is 36.8 Å². The van der Waals surface area contributed by atoms with Gasteiger partial charge in [0.25, 0.3) is 0 Å². The van der Waals surface area contributed by atoms with Crippen molar-refractivity contribution in [1.82, 2.24) is 12.3 Å². The zero-order chi connectivity index (χ0) is 17.4. The topological polar surface area (TPSA) is 119 Å². The van der Waals surface area contributed by atoms with E-state index < -0.39 is 0 Å². The van der Waals surface area contributed by atoms with Gasteiger partial charge in [-0.3, -0.25) is 0 Å². The highest BCUT2D eigenvalue weighted by molar-refractivity contribution is 5.28. The molecule has 0 aromatic rings. The van der Waals surface area contributed by atoms with Crippen molar-refractivity contribution < 1.29 is 10.2 Å². The van der Waals surface area contributed by atoms with Crippen molar-refractivity contribution in [2.24, 2.45) is 5.92 Å². The summed E-state index contributed by atoms with van der Waals surface area (Å²) in [7, 11) is 0. The molecule has 0 fully saturated rings. The maximum atomic E-state index is 12.4. The normalized spacial score (nSPS) is 12.9. The van der Waals surface area contributed by atoms with Gasteiger partial charge < -0.3 is 22.5 Å². The molecule has 0 aromatic carbocycles. The quantitative estimate of drug-likeness (QED) is 0.309. The van der Waals surface area contributed by atoms with E-state index >= 15 is 0 Å². The van der Waals surface area contributed by atoms with Gasteiger partial charge in [-0.1, -0.05) is 77.0 Å². The standard InChI is InChI=1S/C18H34O.C2H5O.2H3N/c1-6-9-11-12-13-15(4)16(5)18(19)17(8-3)14-10-7-2;1-2-3;;/h8,15,19H,6-7,9-14H2,1-5H3;2H2,1H3;2*1H3/q;-1;;/p+1. The zero-order valence-corrected chi connectivity index (χ0v) is 17.8. The molecule has 0 radical (unpaired) electrons. The number of rotatable bonds is 10. The highest BCUT2D eigenvalue weighted by Gasteiger charge is 2.07. The van der Waals surface area contributed by atoms with E-state index in [1.165, 1.54) is 25.7 Å². The summed E-state index contributed by atoms with van der Waals surface area (Å²) in [5, 5.41) is 21.3. The van der Waals surface area contributed by atoms with Crippen molar-refractivity contribution in [3.05, 3.63) is 23.0 Å². The molecule has 0 spiro atoms. The average molecular weight is 347 g/mol. The van der Waals surface area contributed by atoms with E-state index in [0.29, 0.717) is 11.7 Å². The Morgan fingerprint density at radius 2 is 1.46 bits per heavy atom. The molecule has 0 bridgehead atoms. The first-order chi connectivity index (χ1) is 10.5. The maximum Gasteiger partial charge on any atom is -0.0237 e. The molecular weight excluding hydrogens is 300 g/mol. The minimum atomic E-state index is 0. The first-order valence-corrected chi connectivity index (χ1v) is 9.11. The lowest BCUT2D eigenvalue weighted by Gasteiger charge is -2.24. The van der Waals surface area contributed by atoms with Gasteiger partial charge in [0.05, 0.1) is 0 Å². The lowest BCUT2D eigenvalue weighted by Crippen LogP contribution is -2.13. The Balaban J connectivity index is -0.000000370. The largest absolute Gasteiger partial charge is 0.872 e. The Labute approximate surface area is 151 Å². The monoisotopic (exact) mass is 346 g/mol. The predicted octanol–water partition coefficient (Wildman–Crippen LogP) is 5.48. The molecule has 0 amide bonds. The van der Waals surface area contributed by atoms with Crippen LogP contribution in [0.2, 0.25) is 0 Å².